The summed E-state index contributed by atoms with van der Waals surface area (Å²) < 4.78 is 5.34. The quantitative estimate of drug-likeness (QED) is 0.909. The number of nitrogens with one attached hydrogen (secondary N) is 1. The van der Waals surface area contributed by atoms with Gasteiger partial charge in [0.05, 0.1) is 12.2 Å². The van der Waals surface area contributed by atoms with E-state index in [4.69, 9.17) is 9.52 Å². The third kappa shape index (κ3) is 2.88. The molecule has 1 saturated carbocycles. The summed E-state index contributed by atoms with van der Waals surface area (Å²) in [5.41, 5.74) is 1.65. The lowest BCUT2D eigenvalue weighted by molar-refractivity contribution is -0.141. The van der Waals surface area contributed by atoms with Crippen molar-refractivity contribution in [2.45, 2.75) is 25.3 Å². The van der Waals surface area contributed by atoms with Crippen LogP contribution in [0.2, 0.25) is 0 Å². The summed E-state index contributed by atoms with van der Waals surface area (Å²) in [6.07, 6.45) is 3.25. The topological polar surface area (TPSA) is 79.5 Å². The highest BCUT2D eigenvalue weighted by atomic mass is 16.4. The molecule has 1 aliphatic carbocycles. The van der Waals surface area contributed by atoms with Crippen molar-refractivity contribution in [3.63, 3.8) is 0 Å². The van der Waals surface area contributed by atoms with Gasteiger partial charge in [-0.3, -0.25) is 9.59 Å². The van der Waals surface area contributed by atoms with Gasteiger partial charge in [-0.05, 0) is 30.9 Å². The van der Waals surface area contributed by atoms with Crippen LogP contribution in [0.5, 0.6) is 0 Å². The van der Waals surface area contributed by atoms with Crippen LogP contribution >= 0.6 is 0 Å². The van der Waals surface area contributed by atoms with Gasteiger partial charge in [-0.1, -0.05) is 30.3 Å². The number of carbonyl (C=O) groups is 2. The van der Waals surface area contributed by atoms with E-state index < -0.39 is 5.97 Å². The minimum atomic E-state index is -0.792. The third-order valence-electron chi connectivity index (χ3n) is 4.07. The first-order valence-corrected chi connectivity index (χ1v) is 7.31. The molecule has 5 heteroatoms. The number of carboxylic acids is 1. The van der Waals surface area contributed by atoms with Gasteiger partial charge in [0.25, 0.3) is 5.91 Å². The van der Waals surface area contributed by atoms with E-state index in [-0.39, 0.29) is 23.6 Å². The van der Waals surface area contributed by atoms with Gasteiger partial charge in [0.1, 0.15) is 0 Å². The van der Waals surface area contributed by atoms with Crippen LogP contribution in [0.1, 0.15) is 29.8 Å². The molecular weight excluding hydrogens is 282 g/mol. The zero-order valence-corrected chi connectivity index (χ0v) is 12.0. The number of carboxylic acid groups (broad SMARTS) is 1. The molecule has 0 unspecified atom stereocenters. The maximum Gasteiger partial charge on any atom is 0.306 e. The van der Waals surface area contributed by atoms with E-state index in [0.717, 1.165) is 11.1 Å². The Balaban J connectivity index is 1.72. The lowest BCUT2D eigenvalue weighted by atomic mass is 10.1. The van der Waals surface area contributed by atoms with Crippen molar-refractivity contribution in [1.29, 1.82) is 0 Å². The van der Waals surface area contributed by atoms with Crippen molar-refractivity contribution in [3.05, 3.63) is 48.4 Å². The lowest BCUT2D eigenvalue weighted by Crippen LogP contribution is -2.33. The van der Waals surface area contributed by atoms with E-state index in [1.54, 1.807) is 6.07 Å². The number of furan rings is 1. The Morgan fingerprint density at radius 3 is 2.59 bits per heavy atom. The van der Waals surface area contributed by atoms with Crippen molar-refractivity contribution in [1.82, 2.24) is 5.32 Å². The van der Waals surface area contributed by atoms with E-state index in [2.05, 4.69) is 5.32 Å². The van der Waals surface area contributed by atoms with Crippen molar-refractivity contribution in [3.8, 4) is 11.1 Å². The summed E-state index contributed by atoms with van der Waals surface area (Å²) in [7, 11) is 0. The monoisotopic (exact) mass is 299 g/mol. The SMILES string of the molecule is O=C(N[C@@H]1CC[C@H](C(=O)O)C1)c1occc1-c1ccccc1. The number of aliphatic carboxylic acids is 1. The summed E-state index contributed by atoms with van der Waals surface area (Å²) >= 11 is 0. The summed E-state index contributed by atoms with van der Waals surface area (Å²) in [6.45, 7) is 0. The molecule has 0 radical (unpaired) electrons. The fraction of sp³-hybridized carbons (Fsp3) is 0.294. The largest absolute Gasteiger partial charge is 0.481 e. The Hall–Kier alpha value is -2.56. The maximum atomic E-state index is 12.4. The predicted octanol–water partition coefficient (Wildman–Crippen LogP) is 2.93. The maximum absolute atomic E-state index is 12.4. The standard InChI is InChI=1S/C17H17NO4/c19-16(18-13-7-6-12(10-13)17(20)21)15-14(8-9-22-15)11-4-2-1-3-5-11/h1-5,8-9,12-13H,6-7,10H2,(H,18,19)(H,20,21)/t12-,13+/m0/s1. The van der Waals surface area contributed by atoms with E-state index in [1.165, 1.54) is 6.26 Å². The van der Waals surface area contributed by atoms with Crippen LogP contribution in [0.3, 0.4) is 0 Å². The van der Waals surface area contributed by atoms with Crippen LogP contribution in [0.4, 0.5) is 0 Å². The average Bonchev–Trinajstić information content (AvgIpc) is 3.17. The fourth-order valence-corrected chi connectivity index (χ4v) is 2.92. The second-order valence-electron chi connectivity index (χ2n) is 5.55. The van der Waals surface area contributed by atoms with Gasteiger partial charge < -0.3 is 14.8 Å². The molecule has 5 nitrogen and oxygen atoms in total. The minimum absolute atomic E-state index is 0.109. The van der Waals surface area contributed by atoms with Crippen LogP contribution in [-0.2, 0) is 4.79 Å². The summed E-state index contributed by atoms with van der Waals surface area (Å²) in [6, 6.07) is 11.2. The van der Waals surface area contributed by atoms with Crippen LogP contribution in [-0.4, -0.2) is 23.0 Å². The molecule has 0 bridgehead atoms. The fourth-order valence-electron chi connectivity index (χ4n) is 2.92. The minimum Gasteiger partial charge on any atom is -0.481 e. The van der Waals surface area contributed by atoms with Crippen molar-refractivity contribution in [2.24, 2.45) is 5.92 Å². The number of amides is 1. The number of carbonyl (C=O) groups excluding carboxylic acids is 1. The summed E-state index contributed by atoms with van der Waals surface area (Å²) in [5, 5.41) is 11.9. The van der Waals surface area contributed by atoms with E-state index in [9.17, 15) is 9.59 Å². The number of hydrogen-bond acceptors (Lipinski definition) is 3. The van der Waals surface area contributed by atoms with Gasteiger partial charge in [0.2, 0.25) is 0 Å². The summed E-state index contributed by atoms with van der Waals surface area (Å²) in [4.78, 5) is 23.3. The van der Waals surface area contributed by atoms with Gasteiger partial charge in [0.15, 0.2) is 5.76 Å². The highest BCUT2D eigenvalue weighted by Crippen LogP contribution is 2.28. The molecule has 1 amide bonds. The molecule has 0 saturated heterocycles. The highest BCUT2D eigenvalue weighted by Gasteiger charge is 2.31. The van der Waals surface area contributed by atoms with Crippen LogP contribution < -0.4 is 5.32 Å². The first-order valence-electron chi connectivity index (χ1n) is 7.31. The third-order valence-corrected chi connectivity index (χ3v) is 4.07. The molecule has 22 heavy (non-hydrogen) atoms. The molecule has 0 aliphatic heterocycles. The molecule has 2 atom stereocenters. The molecule has 1 aromatic heterocycles. The van der Waals surface area contributed by atoms with Gasteiger partial charge in [0, 0.05) is 11.6 Å². The zero-order valence-electron chi connectivity index (χ0n) is 12.0. The second-order valence-corrected chi connectivity index (χ2v) is 5.55. The Morgan fingerprint density at radius 1 is 1.14 bits per heavy atom. The second kappa shape index (κ2) is 6.05. The van der Waals surface area contributed by atoms with Gasteiger partial charge >= 0.3 is 5.97 Å². The van der Waals surface area contributed by atoms with Gasteiger partial charge in [-0.15, -0.1) is 0 Å². The number of benzene rings is 1. The summed E-state index contributed by atoms with van der Waals surface area (Å²) in [5.74, 6) is -1.18. The molecule has 1 heterocycles. The van der Waals surface area contributed by atoms with Crippen LogP contribution in [0, 0.1) is 5.92 Å². The Morgan fingerprint density at radius 2 is 1.91 bits per heavy atom. The first kappa shape index (κ1) is 14.4. The van der Waals surface area contributed by atoms with Crippen molar-refractivity contribution in [2.75, 3.05) is 0 Å². The molecule has 2 aromatic rings. The number of rotatable bonds is 4. The van der Waals surface area contributed by atoms with Crippen LogP contribution in [0.25, 0.3) is 11.1 Å². The molecule has 2 N–H and O–H groups in total. The zero-order chi connectivity index (χ0) is 15.5. The van der Waals surface area contributed by atoms with Crippen molar-refractivity contribution >= 4 is 11.9 Å². The van der Waals surface area contributed by atoms with E-state index >= 15 is 0 Å². The van der Waals surface area contributed by atoms with Gasteiger partial charge in [-0.25, -0.2) is 0 Å². The molecular formula is C17H17NO4. The Bertz CT molecular complexity index is 677. The van der Waals surface area contributed by atoms with Crippen LogP contribution in [0.15, 0.2) is 47.1 Å². The van der Waals surface area contributed by atoms with Gasteiger partial charge in [-0.2, -0.15) is 0 Å². The molecule has 114 valence electrons. The van der Waals surface area contributed by atoms with E-state index in [0.29, 0.717) is 19.3 Å². The number of hydrogen-bond donors (Lipinski definition) is 2. The Kier molecular flexibility index (Phi) is 3.96. The first-order chi connectivity index (χ1) is 10.6. The smallest absolute Gasteiger partial charge is 0.306 e. The normalized spacial score (nSPS) is 20.7. The Labute approximate surface area is 127 Å². The highest BCUT2D eigenvalue weighted by molar-refractivity contribution is 5.98. The molecule has 1 aliphatic rings. The van der Waals surface area contributed by atoms with Crippen molar-refractivity contribution < 1.29 is 19.1 Å². The lowest BCUT2D eigenvalue weighted by Gasteiger charge is -2.12. The molecule has 1 aromatic carbocycles. The molecule has 0 spiro atoms. The predicted molar refractivity (Wildman–Crippen MR) is 80.4 cm³/mol. The molecule has 3 rings (SSSR count). The average molecular weight is 299 g/mol. The molecule has 1 fully saturated rings. The van der Waals surface area contributed by atoms with E-state index in [1.807, 2.05) is 30.3 Å².